The summed E-state index contributed by atoms with van der Waals surface area (Å²) in [7, 11) is 1.24. The molecule has 53 heavy (non-hydrogen) atoms. The SMILES string of the molecule is COC(=O)N[C@@H](C(=O)N[C@@H](C)c1ncc(-c2cnc(-c3ccc(-c4cnc([C@@H]5CCCN5C(=O)Cc5ccccc5)[nH]4)cc3)cn2)[nH]1)c1ccccc1. The van der Waals surface area contributed by atoms with Crippen molar-refractivity contribution in [2.45, 2.75) is 44.3 Å². The standard InChI is InChI=1S/C40H39N9O4/c1-25(45-39(51)36(48-40(52)53-2)29-12-7-4-8-13-29)37-43-24-33(47-37)32-23-41-30(21-42-32)27-15-17-28(18-16-27)31-22-44-38(46-31)34-14-9-19-49(34)35(50)20-26-10-5-3-6-11-26/h3-8,10-13,15-18,21-25,34,36H,9,14,19-20H2,1-2H3,(H,43,47)(H,44,46)(H,45,51)(H,48,52)/t25-,34-,36+/m0/s1. The fraction of sp³-hybridized carbons (Fsp3) is 0.225. The zero-order valence-electron chi connectivity index (χ0n) is 29.3. The lowest BCUT2D eigenvalue weighted by Crippen LogP contribution is -2.41. The molecular weight excluding hydrogens is 670 g/mol. The summed E-state index contributed by atoms with van der Waals surface area (Å²) in [5, 5.41) is 5.49. The van der Waals surface area contributed by atoms with Gasteiger partial charge in [-0.3, -0.25) is 19.6 Å². The van der Waals surface area contributed by atoms with Crippen LogP contribution in [0.4, 0.5) is 4.79 Å². The van der Waals surface area contributed by atoms with Gasteiger partial charge in [0, 0.05) is 12.1 Å². The van der Waals surface area contributed by atoms with Gasteiger partial charge >= 0.3 is 6.09 Å². The number of methoxy groups -OCH3 is 1. The maximum atomic E-state index is 13.2. The van der Waals surface area contributed by atoms with Crippen molar-refractivity contribution in [2.24, 2.45) is 0 Å². The minimum atomic E-state index is -0.949. The molecule has 0 radical (unpaired) electrons. The first-order valence-electron chi connectivity index (χ1n) is 17.4. The van der Waals surface area contributed by atoms with Gasteiger partial charge in [0.05, 0.1) is 67.5 Å². The monoisotopic (exact) mass is 709 g/mol. The predicted molar refractivity (Wildman–Crippen MR) is 198 cm³/mol. The van der Waals surface area contributed by atoms with Crippen LogP contribution in [0.2, 0.25) is 0 Å². The van der Waals surface area contributed by atoms with Crippen molar-refractivity contribution >= 4 is 17.9 Å². The topological polar surface area (TPSA) is 171 Å². The van der Waals surface area contributed by atoms with Crippen LogP contribution in [-0.4, -0.2) is 66.4 Å². The summed E-state index contributed by atoms with van der Waals surface area (Å²) in [6.45, 7) is 2.52. The zero-order chi connectivity index (χ0) is 36.7. The van der Waals surface area contributed by atoms with E-state index in [1.807, 2.05) is 71.8 Å². The molecule has 0 unspecified atom stereocenters. The number of rotatable bonds is 11. The Balaban J connectivity index is 0.975. The third-order valence-electron chi connectivity index (χ3n) is 9.31. The van der Waals surface area contributed by atoms with Gasteiger partial charge in [0.15, 0.2) is 0 Å². The number of amides is 3. The molecule has 3 amide bonds. The van der Waals surface area contributed by atoms with E-state index in [9.17, 15) is 14.4 Å². The molecule has 0 saturated carbocycles. The smallest absolute Gasteiger partial charge is 0.407 e. The van der Waals surface area contributed by atoms with E-state index in [4.69, 9.17) is 4.74 Å². The highest BCUT2D eigenvalue weighted by Gasteiger charge is 2.32. The molecule has 1 aliphatic heterocycles. The van der Waals surface area contributed by atoms with Gasteiger partial charge in [0.25, 0.3) is 0 Å². The van der Waals surface area contributed by atoms with Gasteiger partial charge in [-0.2, -0.15) is 0 Å². The van der Waals surface area contributed by atoms with Gasteiger partial charge < -0.3 is 30.2 Å². The van der Waals surface area contributed by atoms with Crippen LogP contribution < -0.4 is 10.6 Å². The van der Waals surface area contributed by atoms with Crippen LogP contribution in [0.25, 0.3) is 33.9 Å². The average Bonchev–Trinajstić information content (AvgIpc) is 4.00. The summed E-state index contributed by atoms with van der Waals surface area (Å²) in [5.74, 6) is 1.01. The Hall–Kier alpha value is -6.63. The molecule has 7 rings (SSSR count). The molecule has 6 aromatic rings. The third kappa shape index (κ3) is 7.99. The molecule has 1 saturated heterocycles. The Morgan fingerprint density at radius 2 is 1.47 bits per heavy atom. The van der Waals surface area contributed by atoms with Crippen LogP contribution in [0.5, 0.6) is 0 Å². The third-order valence-corrected chi connectivity index (χ3v) is 9.31. The van der Waals surface area contributed by atoms with E-state index in [1.165, 1.54) is 7.11 Å². The Morgan fingerprint density at radius 3 is 2.19 bits per heavy atom. The lowest BCUT2D eigenvalue weighted by Gasteiger charge is -2.23. The van der Waals surface area contributed by atoms with E-state index in [-0.39, 0.29) is 11.9 Å². The molecule has 1 aliphatic rings. The van der Waals surface area contributed by atoms with Crippen molar-refractivity contribution in [3.05, 3.63) is 132 Å². The van der Waals surface area contributed by atoms with Crippen LogP contribution in [0.1, 0.15) is 60.7 Å². The number of H-pyrrole nitrogens is 2. The number of likely N-dealkylation sites (tertiary alicyclic amines) is 1. The van der Waals surface area contributed by atoms with Crippen molar-refractivity contribution in [2.75, 3.05) is 13.7 Å². The maximum absolute atomic E-state index is 13.2. The first-order valence-corrected chi connectivity index (χ1v) is 17.4. The fourth-order valence-electron chi connectivity index (χ4n) is 6.49. The molecule has 0 spiro atoms. The largest absolute Gasteiger partial charge is 0.453 e. The van der Waals surface area contributed by atoms with Crippen LogP contribution in [0, 0.1) is 0 Å². The molecule has 3 aromatic carbocycles. The normalized spacial score (nSPS) is 15.1. The summed E-state index contributed by atoms with van der Waals surface area (Å²) in [5.41, 5.74) is 6.31. The minimum Gasteiger partial charge on any atom is -0.453 e. The second kappa shape index (κ2) is 15.7. The summed E-state index contributed by atoms with van der Waals surface area (Å²) in [6.07, 6.45) is 8.32. The second-order valence-electron chi connectivity index (χ2n) is 12.8. The van der Waals surface area contributed by atoms with Crippen LogP contribution in [-0.2, 0) is 20.7 Å². The molecule has 13 heteroatoms. The molecule has 3 atom stereocenters. The van der Waals surface area contributed by atoms with E-state index in [0.717, 1.165) is 47.6 Å². The minimum absolute atomic E-state index is 0.0664. The van der Waals surface area contributed by atoms with Crippen molar-refractivity contribution in [1.29, 1.82) is 0 Å². The molecule has 13 nitrogen and oxygen atoms in total. The number of hydrogen-bond acceptors (Lipinski definition) is 8. The van der Waals surface area contributed by atoms with Crippen LogP contribution in [0.15, 0.2) is 110 Å². The van der Waals surface area contributed by atoms with Crippen molar-refractivity contribution < 1.29 is 19.1 Å². The highest BCUT2D eigenvalue weighted by atomic mass is 16.5. The number of nitrogens with zero attached hydrogens (tertiary/aromatic N) is 5. The maximum Gasteiger partial charge on any atom is 0.407 e. The first-order chi connectivity index (χ1) is 25.9. The van der Waals surface area contributed by atoms with E-state index in [2.05, 4.69) is 40.5 Å². The molecule has 4 N–H and O–H groups in total. The Kier molecular flexibility index (Phi) is 10.3. The van der Waals surface area contributed by atoms with Gasteiger partial charge in [-0.1, -0.05) is 84.9 Å². The molecule has 268 valence electrons. The first kappa shape index (κ1) is 34.8. The van der Waals surface area contributed by atoms with Crippen LogP contribution >= 0.6 is 0 Å². The van der Waals surface area contributed by atoms with E-state index in [0.29, 0.717) is 34.9 Å². The number of aromatic nitrogens is 6. The number of ether oxygens (including phenoxy) is 1. The van der Waals surface area contributed by atoms with E-state index < -0.39 is 24.1 Å². The van der Waals surface area contributed by atoms with E-state index in [1.54, 1.807) is 49.8 Å². The number of hydrogen-bond donors (Lipinski definition) is 4. The van der Waals surface area contributed by atoms with Crippen molar-refractivity contribution in [1.82, 2.24) is 45.4 Å². The number of aromatic amines is 2. The summed E-state index contributed by atoms with van der Waals surface area (Å²) in [6, 6.07) is 25.2. The Bertz CT molecular complexity index is 2170. The molecule has 1 fully saturated rings. The molecule has 0 bridgehead atoms. The molecular formula is C40H39N9O4. The second-order valence-corrected chi connectivity index (χ2v) is 12.8. The van der Waals surface area contributed by atoms with Gasteiger partial charge in [0.2, 0.25) is 11.8 Å². The van der Waals surface area contributed by atoms with Gasteiger partial charge in [0.1, 0.15) is 23.4 Å². The van der Waals surface area contributed by atoms with Crippen molar-refractivity contribution in [3.63, 3.8) is 0 Å². The fourth-order valence-corrected chi connectivity index (χ4v) is 6.49. The number of carbonyl (C=O) groups is 3. The number of carbonyl (C=O) groups excluding carboxylic acids is 3. The Morgan fingerprint density at radius 1 is 0.792 bits per heavy atom. The van der Waals surface area contributed by atoms with Gasteiger partial charge in [-0.15, -0.1) is 0 Å². The Labute approximate surface area is 306 Å². The number of benzene rings is 3. The number of alkyl carbamates (subject to hydrolysis) is 1. The van der Waals surface area contributed by atoms with Crippen LogP contribution in [0.3, 0.4) is 0 Å². The number of imidazole rings is 2. The summed E-state index contributed by atoms with van der Waals surface area (Å²) < 4.78 is 4.72. The predicted octanol–water partition coefficient (Wildman–Crippen LogP) is 6.10. The molecule has 3 aromatic heterocycles. The summed E-state index contributed by atoms with van der Waals surface area (Å²) >= 11 is 0. The lowest BCUT2D eigenvalue weighted by atomic mass is 10.1. The highest BCUT2D eigenvalue weighted by molar-refractivity contribution is 5.87. The van der Waals surface area contributed by atoms with Crippen molar-refractivity contribution in [3.8, 4) is 33.9 Å². The zero-order valence-corrected chi connectivity index (χ0v) is 29.3. The molecule has 0 aliphatic carbocycles. The van der Waals surface area contributed by atoms with E-state index >= 15 is 0 Å². The molecule has 4 heterocycles. The summed E-state index contributed by atoms with van der Waals surface area (Å²) in [4.78, 5) is 65.3. The average molecular weight is 710 g/mol. The van der Waals surface area contributed by atoms with Gasteiger partial charge in [-0.05, 0) is 36.5 Å². The quantitative estimate of drug-likeness (QED) is 0.125. The lowest BCUT2D eigenvalue weighted by molar-refractivity contribution is -0.131. The van der Waals surface area contributed by atoms with Gasteiger partial charge in [-0.25, -0.2) is 14.8 Å². The highest BCUT2D eigenvalue weighted by Crippen LogP contribution is 2.32. The number of nitrogens with one attached hydrogen (secondary N) is 4.